The normalized spacial score (nSPS) is 24.5. The Morgan fingerprint density at radius 2 is 1.76 bits per heavy atom. The van der Waals surface area contributed by atoms with Gasteiger partial charge >= 0.3 is 5.97 Å². The number of aromatic hydroxyl groups is 1. The summed E-state index contributed by atoms with van der Waals surface area (Å²) in [6, 6.07) is 9.13. The first-order chi connectivity index (χ1) is 35.7. The zero-order valence-electron chi connectivity index (χ0n) is 45.7. The number of ether oxygens (including phenoxy) is 2. The Labute approximate surface area is 447 Å². The average Bonchev–Trinajstić information content (AvgIpc) is 4.30. The van der Waals surface area contributed by atoms with Crippen molar-refractivity contribution >= 4 is 46.2 Å². The predicted molar refractivity (Wildman–Crippen MR) is 291 cm³/mol. The maximum atomic E-state index is 14.9. The predicted octanol–water partition coefficient (Wildman–Crippen LogP) is 6.74. The Morgan fingerprint density at radius 3 is 2.43 bits per heavy atom. The van der Waals surface area contributed by atoms with E-state index in [9.17, 15) is 33.3 Å². The summed E-state index contributed by atoms with van der Waals surface area (Å²) in [5, 5.41) is 18.9. The third-order valence-corrected chi connectivity index (χ3v) is 17.3. The molecule has 0 aromatic heterocycles. The molecule has 4 aliphatic heterocycles. The fraction of sp³-hybridized carbons (Fsp3) is 0.603. The number of hydrogen-bond donors (Lipinski definition) is 4. The third-order valence-electron chi connectivity index (χ3n) is 15.8. The van der Waals surface area contributed by atoms with Crippen molar-refractivity contribution in [3.63, 3.8) is 0 Å². The SMILES string of the molecule is C=C/C(=C\CCCNC(=C)[C@H](C)OC)c1cc(O)cc(C[C@H](NC(=O)[C@H](C(C)C)N2CC[C@]3(CCN(C(=O)[C@H]4[C@@H](C5CC5)N4[S@](=O)c4ccc(C)cc4)C3)C2=O)C(=O)N2CCC[C@@H](C(=O)OCC(C)(C)CCC)N2)c1. The first-order valence-corrected chi connectivity index (χ1v) is 28.3. The smallest absolute Gasteiger partial charge is 0.324 e. The van der Waals surface area contributed by atoms with Crippen LogP contribution >= 0.6 is 0 Å². The number of phenolic OH excluding ortho intramolecular Hbond substituents is 1. The molecule has 5 fully saturated rings. The van der Waals surface area contributed by atoms with Crippen LogP contribution in [0.5, 0.6) is 5.75 Å². The molecule has 4 saturated heterocycles. The van der Waals surface area contributed by atoms with Crippen LogP contribution in [0.25, 0.3) is 5.57 Å². The van der Waals surface area contributed by atoms with Crippen molar-refractivity contribution in [3.8, 4) is 5.75 Å². The lowest BCUT2D eigenvalue weighted by atomic mass is 9.85. The van der Waals surface area contributed by atoms with Gasteiger partial charge in [-0.3, -0.25) is 29.0 Å². The number of nitrogens with one attached hydrogen (secondary N) is 3. The number of nitrogens with zero attached hydrogens (tertiary/aromatic N) is 4. The topological polar surface area (TPSA) is 190 Å². The maximum Gasteiger partial charge on any atom is 0.324 e. The highest BCUT2D eigenvalue weighted by Crippen LogP contribution is 2.51. The van der Waals surface area contributed by atoms with Gasteiger partial charge in [0.2, 0.25) is 17.7 Å². The molecule has 16 nitrogen and oxygen atoms in total. The number of amides is 4. The number of esters is 1. The van der Waals surface area contributed by atoms with E-state index in [1.807, 2.05) is 68.4 Å². The van der Waals surface area contributed by atoms with Crippen LogP contribution in [0.15, 0.2) is 78.4 Å². The molecule has 7 rings (SSSR count). The molecule has 4 N–H and O–H groups in total. The molecule has 1 spiro atoms. The van der Waals surface area contributed by atoms with E-state index in [-0.39, 0.29) is 67.2 Å². The fourth-order valence-electron chi connectivity index (χ4n) is 11.2. The lowest BCUT2D eigenvalue weighted by Gasteiger charge is -2.37. The number of allylic oxidation sites excluding steroid dienone is 3. The number of likely N-dealkylation sites (tertiary alicyclic amines) is 2. The number of benzene rings is 2. The van der Waals surface area contributed by atoms with Gasteiger partial charge in [0.1, 0.15) is 40.9 Å². The largest absolute Gasteiger partial charge is 0.508 e. The molecule has 0 bridgehead atoms. The van der Waals surface area contributed by atoms with Crippen LogP contribution < -0.4 is 16.1 Å². The summed E-state index contributed by atoms with van der Waals surface area (Å²) < 4.78 is 26.8. The second-order valence-electron chi connectivity index (χ2n) is 22.7. The van der Waals surface area contributed by atoms with Crippen molar-refractivity contribution in [2.45, 2.75) is 160 Å². The molecular formula is C58H83N7O9S. The number of rotatable bonds is 25. The lowest BCUT2D eigenvalue weighted by Crippen LogP contribution is -2.62. The van der Waals surface area contributed by atoms with E-state index in [2.05, 4.69) is 50.0 Å². The molecule has 2 aromatic rings. The third kappa shape index (κ3) is 13.8. The van der Waals surface area contributed by atoms with Gasteiger partial charge in [0.05, 0.1) is 29.1 Å². The van der Waals surface area contributed by atoms with Crippen LogP contribution in [0, 0.1) is 29.6 Å². The van der Waals surface area contributed by atoms with Gasteiger partial charge < -0.3 is 35.0 Å². The Balaban J connectivity index is 1.08. The van der Waals surface area contributed by atoms with Gasteiger partial charge in [-0.2, -0.15) is 0 Å². The monoisotopic (exact) mass is 1050 g/mol. The number of carbonyl (C=O) groups excluding carboxylic acids is 5. The maximum absolute atomic E-state index is 14.9. The second-order valence-corrected chi connectivity index (χ2v) is 24.1. The second kappa shape index (κ2) is 24.8. The summed E-state index contributed by atoms with van der Waals surface area (Å²) in [6.07, 6.45) is 10.8. The van der Waals surface area contributed by atoms with E-state index in [1.165, 1.54) is 5.01 Å². The van der Waals surface area contributed by atoms with Crippen LogP contribution in [0.1, 0.15) is 122 Å². The van der Waals surface area contributed by atoms with Gasteiger partial charge in [-0.05, 0) is 130 Å². The molecule has 17 heteroatoms. The number of phenols is 1. The summed E-state index contributed by atoms with van der Waals surface area (Å²) in [5.74, 6) is -1.80. The molecule has 1 aliphatic carbocycles. The average molecular weight is 1050 g/mol. The minimum Gasteiger partial charge on any atom is -0.508 e. The number of hydrogen-bond acceptors (Lipinski definition) is 11. The molecule has 410 valence electrons. The van der Waals surface area contributed by atoms with Gasteiger partial charge in [0.15, 0.2) is 0 Å². The molecule has 2 aromatic carbocycles. The summed E-state index contributed by atoms with van der Waals surface area (Å²) >= 11 is 0. The Hall–Kier alpha value is -5.36. The summed E-state index contributed by atoms with van der Waals surface area (Å²) in [7, 11) is 0.147. The number of carbonyl (C=O) groups is 5. The Kier molecular flexibility index (Phi) is 18.9. The van der Waals surface area contributed by atoms with Gasteiger partial charge in [0, 0.05) is 52.0 Å². The van der Waals surface area contributed by atoms with Crippen LogP contribution in [-0.4, -0.2) is 141 Å². The number of methoxy groups -OCH3 is 1. The number of unbranched alkanes of at least 4 members (excludes halogenated alkanes) is 1. The van der Waals surface area contributed by atoms with Crippen molar-refractivity contribution < 1.29 is 42.8 Å². The van der Waals surface area contributed by atoms with Crippen molar-refractivity contribution in [3.05, 3.63) is 90.2 Å². The van der Waals surface area contributed by atoms with E-state index >= 15 is 0 Å². The highest BCUT2D eigenvalue weighted by Gasteiger charge is 2.64. The number of hydrazine groups is 1. The van der Waals surface area contributed by atoms with E-state index in [1.54, 1.807) is 35.1 Å². The summed E-state index contributed by atoms with van der Waals surface area (Å²) in [6.45, 7) is 24.0. The quantitative estimate of drug-likeness (QED) is 0.0357. The van der Waals surface area contributed by atoms with Gasteiger partial charge in [0.25, 0.3) is 5.91 Å². The number of aryl methyl sites for hydroxylation is 1. The molecule has 5 aliphatic rings. The molecule has 0 radical (unpaired) electrons. The van der Waals surface area contributed by atoms with E-state index in [4.69, 9.17) is 9.47 Å². The van der Waals surface area contributed by atoms with Crippen molar-refractivity contribution in [2.75, 3.05) is 46.4 Å². The van der Waals surface area contributed by atoms with E-state index in [0.29, 0.717) is 73.7 Å². The minimum absolute atomic E-state index is 0.0207. The molecule has 1 unspecified atom stereocenters. The summed E-state index contributed by atoms with van der Waals surface area (Å²) in [4.78, 5) is 76.5. The van der Waals surface area contributed by atoms with E-state index < -0.39 is 58.4 Å². The molecule has 9 atom stereocenters. The van der Waals surface area contributed by atoms with Crippen LogP contribution in [-0.2, 0) is 50.9 Å². The lowest BCUT2D eigenvalue weighted by molar-refractivity contribution is -0.155. The van der Waals surface area contributed by atoms with Crippen molar-refractivity contribution in [2.24, 2.45) is 22.7 Å². The van der Waals surface area contributed by atoms with Crippen molar-refractivity contribution in [1.82, 2.24) is 35.2 Å². The minimum atomic E-state index is -1.49. The van der Waals surface area contributed by atoms with Crippen LogP contribution in [0.3, 0.4) is 0 Å². The van der Waals surface area contributed by atoms with Gasteiger partial charge in [-0.1, -0.05) is 90.1 Å². The van der Waals surface area contributed by atoms with Crippen molar-refractivity contribution in [1.29, 1.82) is 0 Å². The highest BCUT2D eigenvalue weighted by molar-refractivity contribution is 7.83. The Morgan fingerprint density at radius 1 is 1.04 bits per heavy atom. The molecule has 4 heterocycles. The standard InChI is InChI=1S/C58H83N7O9S/c1-11-24-57(8,9)36-74-55(70)47-17-15-28-64(61-47)53(68)48(33-41-31-44(34-45(66)32-41)42(12-2)16-13-14-27-59-39(6)40(7)73-10)60-52(67)49(37(3)4)63-30-26-58(56(63)71)25-29-62(35-58)54(69)51-50(43-20-21-43)65(51)75(72)46-22-18-38(5)19-23-46/h12,16,18-19,22-23,31-32,34,37,40,43,47-51,59,61,66H,2,6,11,13-15,17,20-21,24-30,33,35-36H2,1,3-5,7-10H3,(H,60,67)/b42-16+/t40-,47-,48-,49-,50+,51+,58-,65?,75+/m0/s1. The van der Waals surface area contributed by atoms with Crippen LogP contribution in [0.2, 0.25) is 0 Å². The van der Waals surface area contributed by atoms with E-state index in [0.717, 1.165) is 48.9 Å². The zero-order chi connectivity index (χ0) is 54.4. The Bertz CT molecular complexity index is 2490. The molecule has 1 saturated carbocycles. The fourth-order valence-corrected chi connectivity index (χ4v) is 12.7. The van der Waals surface area contributed by atoms with Gasteiger partial charge in [-0.25, -0.2) is 13.9 Å². The first kappa shape index (κ1) is 57.3. The molecule has 75 heavy (non-hydrogen) atoms. The molecule has 4 amide bonds. The van der Waals surface area contributed by atoms with Gasteiger partial charge in [-0.15, -0.1) is 0 Å². The summed E-state index contributed by atoms with van der Waals surface area (Å²) in [5.41, 5.74) is 5.93. The molecular weight excluding hydrogens is 971 g/mol. The first-order valence-electron chi connectivity index (χ1n) is 27.2. The zero-order valence-corrected chi connectivity index (χ0v) is 46.5. The highest BCUT2D eigenvalue weighted by atomic mass is 32.2. The van der Waals surface area contributed by atoms with Crippen LogP contribution in [0.4, 0.5) is 0 Å².